The SMILES string of the molecule is CCCOc1ccc(/C=c2/sc3n(c2=O)[C@H](c2ccc(OC)cc2)C(C(=O)OC(C)C)=C(C)N=3)cc1. The van der Waals surface area contributed by atoms with Gasteiger partial charge < -0.3 is 14.2 Å². The van der Waals surface area contributed by atoms with Crippen molar-refractivity contribution in [3.05, 3.63) is 90.6 Å². The largest absolute Gasteiger partial charge is 0.497 e. The number of methoxy groups -OCH3 is 1. The standard InChI is InChI=1S/C28H30N2O5S/c1-6-15-34-22-11-7-19(8-12-22)16-23-26(31)30-25(20-9-13-21(33-5)14-10-20)24(27(32)35-17(2)3)18(4)29-28(30)36-23/h7-14,16-17,25H,6,15H2,1-5H3/b23-16+/t25-/m1/s1. The molecule has 1 aliphatic heterocycles. The summed E-state index contributed by atoms with van der Waals surface area (Å²) in [5.41, 5.74) is 2.32. The molecule has 188 valence electrons. The zero-order valence-corrected chi connectivity index (χ0v) is 21.9. The Labute approximate surface area is 214 Å². The van der Waals surface area contributed by atoms with Crippen molar-refractivity contribution in [2.45, 2.75) is 46.3 Å². The molecule has 3 aromatic rings. The smallest absolute Gasteiger partial charge is 0.338 e. The summed E-state index contributed by atoms with van der Waals surface area (Å²) >= 11 is 1.30. The lowest BCUT2D eigenvalue weighted by atomic mass is 9.96. The van der Waals surface area contributed by atoms with Gasteiger partial charge in [-0.3, -0.25) is 9.36 Å². The van der Waals surface area contributed by atoms with Gasteiger partial charge in [-0.2, -0.15) is 0 Å². The maximum absolute atomic E-state index is 13.7. The summed E-state index contributed by atoms with van der Waals surface area (Å²) in [4.78, 5) is 32.0. The van der Waals surface area contributed by atoms with Crippen LogP contribution in [0, 0.1) is 0 Å². The molecule has 0 amide bonds. The molecule has 1 atom stereocenters. The van der Waals surface area contributed by atoms with Gasteiger partial charge in [0.1, 0.15) is 11.5 Å². The number of nitrogens with zero attached hydrogens (tertiary/aromatic N) is 2. The van der Waals surface area contributed by atoms with Crippen LogP contribution in [-0.2, 0) is 9.53 Å². The van der Waals surface area contributed by atoms with Gasteiger partial charge in [0.15, 0.2) is 4.80 Å². The Morgan fingerprint density at radius 2 is 1.78 bits per heavy atom. The summed E-state index contributed by atoms with van der Waals surface area (Å²) in [7, 11) is 1.59. The third kappa shape index (κ3) is 5.28. The second kappa shape index (κ2) is 11.0. The molecule has 0 saturated heterocycles. The fourth-order valence-electron chi connectivity index (χ4n) is 3.99. The quantitative estimate of drug-likeness (QED) is 0.432. The van der Waals surface area contributed by atoms with Crippen LogP contribution in [0.5, 0.6) is 11.5 Å². The van der Waals surface area contributed by atoms with Crippen LogP contribution in [0.2, 0.25) is 0 Å². The van der Waals surface area contributed by atoms with E-state index < -0.39 is 12.0 Å². The molecule has 7 nitrogen and oxygen atoms in total. The zero-order valence-electron chi connectivity index (χ0n) is 21.1. The first-order valence-corrected chi connectivity index (χ1v) is 12.7. The van der Waals surface area contributed by atoms with Crippen molar-refractivity contribution in [2.24, 2.45) is 4.99 Å². The van der Waals surface area contributed by atoms with Crippen molar-refractivity contribution >= 4 is 23.4 Å². The van der Waals surface area contributed by atoms with Gasteiger partial charge in [-0.1, -0.05) is 42.5 Å². The molecule has 0 radical (unpaired) electrons. The van der Waals surface area contributed by atoms with E-state index in [2.05, 4.69) is 11.9 Å². The van der Waals surface area contributed by atoms with Gasteiger partial charge in [0.25, 0.3) is 5.56 Å². The third-order valence-corrected chi connectivity index (χ3v) is 6.65. The van der Waals surface area contributed by atoms with Gasteiger partial charge >= 0.3 is 5.97 Å². The highest BCUT2D eigenvalue weighted by Crippen LogP contribution is 2.31. The van der Waals surface area contributed by atoms with Crippen LogP contribution in [-0.4, -0.2) is 30.4 Å². The van der Waals surface area contributed by atoms with Gasteiger partial charge in [0, 0.05) is 0 Å². The molecular weight excluding hydrogens is 476 g/mol. The van der Waals surface area contributed by atoms with E-state index in [0.29, 0.717) is 33.0 Å². The molecule has 0 aliphatic carbocycles. The number of benzene rings is 2. The van der Waals surface area contributed by atoms with Crippen LogP contribution in [0.3, 0.4) is 0 Å². The number of hydrogen-bond acceptors (Lipinski definition) is 7. The Morgan fingerprint density at radius 1 is 1.11 bits per heavy atom. The van der Waals surface area contributed by atoms with E-state index in [-0.39, 0.29) is 11.7 Å². The highest BCUT2D eigenvalue weighted by molar-refractivity contribution is 7.07. The number of carbonyl (C=O) groups is 1. The molecule has 0 fully saturated rings. The van der Waals surface area contributed by atoms with E-state index in [1.54, 1.807) is 32.4 Å². The van der Waals surface area contributed by atoms with Crippen LogP contribution < -0.4 is 24.4 Å². The molecule has 0 spiro atoms. The summed E-state index contributed by atoms with van der Waals surface area (Å²) in [6.07, 6.45) is 2.47. The van der Waals surface area contributed by atoms with Crippen molar-refractivity contribution in [3.63, 3.8) is 0 Å². The van der Waals surface area contributed by atoms with Gasteiger partial charge in [-0.25, -0.2) is 9.79 Å². The van der Waals surface area contributed by atoms with Crippen molar-refractivity contribution < 1.29 is 19.0 Å². The van der Waals surface area contributed by atoms with Crippen LogP contribution in [0.25, 0.3) is 6.08 Å². The van der Waals surface area contributed by atoms with E-state index in [4.69, 9.17) is 14.2 Å². The Bertz CT molecular complexity index is 1450. The second-order valence-corrected chi connectivity index (χ2v) is 9.74. The predicted molar refractivity (Wildman–Crippen MR) is 140 cm³/mol. The lowest BCUT2D eigenvalue weighted by Crippen LogP contribution is -2.40. The maximum atomic E-state index is 13.7. The fraction of sp³-hybridized carbons (Fsp3) is 0.321. The van der Waals surface area contributed by atoms with Crippen molar-refractivity contribution in [1.82, 2.24) is 4.57 Å². The maximum Gasteiger partial charge on any atom is 0.338 e. The number of carbonyl (C=O) groups excluding carboxylic acids is 1. The summed E-state index contributed by atoms with van der Waals surface area (Å²) in [6.45, 7) is 8.08. The van der Waals surface area contributed by atoms with E-state index in [1.165, 1.54) is 11.3 Å². The molecule has 0 N–H and O–H groups in total. The van der Waals surface area contributed by atoms with Crippen LogP contribution in [0.4, 0.5) is 0 Å². The minimum absolute atomic E-state index is 0.215. The van der Waals surface area contributed by atoms with Gasteiger partial charge in [0.2, 0.25) is 0 Å². The van der Waals surface area contributed by atoms with E-state index in [1.807, 2.05) is 54.6 Å². The number of allylic oxidation sites excluding steroid dienone is 1. The number of fused-ring (bicyclic) bond motifs is 1. The van der Waals surface area contributed by atoms with Gasteiger partial charge in [0.05, 0.1) is 41.7 Å². The predicted octanol–water partition coefficient (Wildman–Crippen LogP) is 3.98. The number of thiazole rings is 1. The molecule has 2 aromatic carbocycles. The molecule has 0 saturated carbocycles. The Hall–Kier alpha value is -3.65. The molecule has 0 unspecified atom stereocenters. The summed E-state index contributed by atoms with van der Waals surface area (Å²) in [5.74, 6) is 0.993. The van der Waals surface area contributed by atoms with Crippen molar-refractivity contribution in [3.8, 4) is 11.5 Å². The first-order valence-electron chi connectivity index (χ1n) is 11.9. The van der Waals surface area contributed by atoms with Crippen LogP contribution in [0.15, 0.2) is 69.6 Å². The number of aromatic nitrogens is 1. The van der Waals surface area contributed by atoms with Gasteiger partial charge in [-0.15, -0.1) is 0 Å². The highest BCUT2D eigenvalue weighted by atomic mass is 32.1. The van der Waals surface area contributed by atoms with Crippen LogP contribution >= 0.6 is 11.3 Å². The third-order valence-electron chi connectivity index (χ3n) is 5.67. The van der Waals surface area contributed by atoms with Gasteiger partial charge in [-0.05, 0) is 68.7 Å². The minimum Gasteiger partial charge on any atom is -0.497 e. The molecule has 8 heteroatoms. The van der Waals surface area contributed by atoms with Crippen molar-refractivity contribution in [2.75, 3.05) is 13.7 Å². The number of rotatable bonds is 8. The monoisotopic (exact) mass is 506 g/mol. The Morgan fingerprint density at radius 3 is 2.39 bits per heavy atom. The highest BCUT2D eigenvalue weighted by Gasteiger charge is 2.33. The lowest BCUT2D eigenvalue weighted by Gasteiger charge is -2.25. The molecule has 36 heavy (non-hydrogen) atoms. The number of esters is 1. The average molecular weight is 507 g/mol. The minimum atomic E-state index is -0.662. The molecule has 1 aliphatic rings. The topological polar surface area (TPSA) is 79.1 Å². The lowest BCUT2D eigenvalue weighted by molar-refractivity contribution is -0.143. The summed E-state index contributed by atoms with van der Waals surface area (Å²) in [6, 6.07) is 14.3. The summed E-state index contributed by atoms with van der Waals surface area (Å²) in [5, 5.41) is 0. The van der Waals surface area contributed by atoms with E-state index in [0.717, 1.165) is 23.3 Å². The molecular formula is C28H30N2O5S. The van der Waals surface area contributed by atoms with Crippen LogP contribution in [0.1, 0.15) is 51.3 Å². The molecule has 4 rings (SSSR count). The summed E-state index contributed by atoms with van der Waals surface area (Å²) < 4.78 is 18.6. The Balaban J connectivity index is 1.83. The first-order chi connectivity index (χ1) is 17.3. The zero-order chi connectivity index (χ0) is 25.8. The molecule has 1 aromatic heterocycles. The van der Waals surface area contributed by atoms with E-state index >= 15 is 0 Å². The number of ether oxygens (including phenoxy) is 3. The van der Waals surface area contributed by atoms with E-state index in [9.17, 15) is 9.59 Å². The fourth-order valence-corrected chi connectivity index (χ4v) is 5.04. The second-order valence-electron chi connectivity index (χ2n) is 8.73. The average Bonchev–Trinajstić information content (AvgIpc) is 3.16. The molecule has 0 bridgehead atoms. The number of hydrogen-bond donors (Lipinski definition) is 0. The van der Waals surface area contributed by atoms with Crippen molar-refractivity contribution in [1.29, 1.82) is 0 Å². The molecule has 2 heterocycles. The Kier molecular flexibility index (Phi) is 7.74. The first kappa shape index (κ1) is 25.4. The normalized spacial score (nSPS) is 15.5.